The largest absolute Gasteiger partial charge is 0.308 e. The van der Waals surface area contributed by atoms with Crippen LogP contribution in [-0.4, -0.2) is 37.1 Å². The molecular weight excluding hydrogens is 232 g/mol. The Kier molecular flexibility index (Phi) is 6.26. The molecule has 0 atom stereocenters. The summed E-state index contributed by atoms with van der Waals surface area (Å²) in [4.78, 5) is 2.33. The summed E-state index contributed by atoms with van der Waals surface area (Å²) in [5.74, 6) is 0. The maximum absolute atomic E-state index is 4.15. The molecule has 0 saturated heterocycles. The normalized spacial score (nSPS) is 11.8. The standard InChI is InChI=1S/C17H28N2/c1-15(13-18-17(2,3)4)14-19(5)12-11-16-9-7-6-8-10-16/h6-10,18H,1,11-14H2,2-5H3. The van der Waals surface area contributed by atoms with E-state index in [1.807, 2.05) is 0 Å². The summed E-state index contributed by atoms with van der Waals surface area (Å²) >= 11 is 0. The second-order valence-electron chi connectivity index (χ2n) is 6.33. The van der Waals surface area contributed by atoms with Crippen LogP contribution in [0.4, 0.5) is 0 Å². The van der Waals surface area contributed by atoms with Crippen molar-refractivity contribution < 1.29 is 0 Å². The Hall–Kier alpha value is -1.12. The summed E-state index contributed by atoms with van der Waals surface area (Å²) in [5.41, 5.74) is 2.80. The van der Waals surface area contributed by atoms with Crippen molar-refractivity contribution in [2.24, 2.45) is 0 Å². The first-order valence-electron chi connectivity index (χ1n) is 7.01. The van der Waals surface area contributed by atoms with Crippen LogP contribution in [0.1, 0.15) is 26.3 Å². The van der Waals surface area contributed by atoms with Crippen molar-refractivity contribution >= 4 is 0 Å². The molecule has 1 aromatic rings. The van der Waals surface area contributed by atoms with Gasteiger partial charge in [-0.1, -0.05) is 36.9 Å². The van der Waals surface area contributed by atoms with Crippen molar-refractivity contribution in [2.45, 2.75) is 32.7 Å². The molecule has 0 bridgehead atoms. The predicted octanol–water partition coefficient (Wildman–Crippen LogP) is 3.11. The van der Waals surface area contributed by atoms with Gasteiger partial charge in [-0.2, -0.15) is 0 Å². The fourth-order valence-electron chi connectivity index (χ4n) is 1.87. The van der Waals surface area contributed by atoms with E-state index in [1.165, 1.54) is 11.1 Å². The number of rotatable bonds is 7. The highest BCUT2D eigenvalue weighted by Crippen LogP contribution is 2.03. The van der Waals surface area contributed by atoms with Crippen LogP contribution in [0.2, 0.25) is 0 Å². The Morgan fingerprint density at radius 2 is 1.84 bits per heavy atom. The van der Waals surface area contributed by atoms with E-state index in [4.69, 9.17) is 0 Å². The van der Waals surface area contributed by atoms with Gasteiger partial charge in [-0.25, -0.2) is 0 Å². The Morgan fingerprint density at radius 1 is 1.21 bits per heavy atom. The molecule has 0 fully saturated rings. The van der Waals surface area contributed by atoms with Crippen LogP contribution in [-0.2, 0) is 6.42 Å². The van der Waals surface area contributed by atoms with E-state index in [0.29, 0.717) is 0 Å². The average Bonchev–Trinajstić information content (AvgIpc) is 2.34. The van der Waals surface area contributed by atoms with Crippen molar-refractivity contribution in [3.8, 4) is 0 Å². The van der Waals surface area contributed by atoms with Gasteiger partial charge in [-0.3, -0.25) is 0 Å². The maximum atomic E-state index is 4.15. The maximum Gasteiger partial charge on any atom is 0.0199 e. The van der Waals surface area contributed by atoms with Crippen LogP contribution in [0.25, 0.3) is 0 Å². The first kappa shape index (κ1) is 15.9. The van der Waals surface area contributed by atoms with E-state index in [2.05, 4.69) is 74.9 Å². The Labute approximate surface area is 118 Å². The van der Waals surface area contributed by atoms with Crippen LogP contribution in [0.5, 0.6) is 0 Å². The molecule has 0 unspecified atom stereocenters. The molecule has 0 amide bonds. The molecule has 1 aromatic carbocycles. The fourth-order valence-corrected chi connectivity index (χ4v) is 1.87. The van der Waals surface area contributed by atoms with Crippen molar-refractivity contribution in [2.75, 3.05) is 26.7 Å². The number of hydrogen-bond acceptors (Lipinski definition) is 2. The Balaban J connectivity index is 2.24. The van der Waals surface area contributed by atoms with Crippen molar-refractivity contribution in [3.63, 3.8) is 0 Å². The van der Waals surface area contributed by atoms with Crippen LogP contribution in [0, 0.1) is 0 Å². The highest BCUT2D eigenvalue weighted by molar-refractivity contribution is 5.15. The molecule has 0 aromatic heterocycles. The van der Waals surface area contributed by atoms with Gasteiger partial charge < -0.3 is 10.2 Å². The van der Waals surface area contributed by atoms with E-state index in [1.54, 1.807) is 0 Å². The molecule has 2 nitrogen and oxygen atoms in total. The average molecular weight is 260 g/mol. The third kappa shape index (κ3) is 7.81. The molecule has 0 radical (unpaired) electrons. The summed E-state index contributed by atoms with van der Waals surface area (Å²) in [5, 5.41) is 3.47. The highest BCUT2D eigenvalue weighted by Gasteiger charge is 2.09. The van der Waals surface area contributed by atoms with E-state index < -0.39 is 0 Å². The van der Waals surface area contributed by atoms with Crippen LogP contribution in [0.15, 0.2) is 42.5 Å². The zero-order chi connectivity index (χ0) is 14.3. The molecule has 19 heavy (non-hydrogen) atoms. The van der Waals surface area contributed by atoms with E-state index >= 15 is 0 Å². The molecule has 1 N–H and O–H groups in total. The summed E-state index contributed by atoms with van der Waals surface area (Å²) in [7, 11) is 2.16. The number of nitrogens with zero attached hydrogens (tertiary/aromatic N) is 1. The smallest absolute Gasteiger partial charge is 0.0199 e. The highest BCUT2D eigenvalue weighted by atomic mass is 15.1. The lowest BCUT2D eigenvalue weighted by Gasteiger charge is -2.23. The van der Waals surface area contributed by atoms with Crippen molar-refractivity contribution in [3.05, 3.63) is 48.0 Å². The third-order valence-electron chi connectivity index (χ3n) is 2.99. The fraction of sp³-hybridized carbons (Fsp3) is 0.529. The molecule has 1 rings (SSSR count). The molecule has 0 saturated carbocycles. The molecule has 0 aliphatic carbocycles. The Bertz CT molecular complexity index is 376. The van der Waals surface area contributed by atoms with Gasteiger partial charge in [0, 0.05) is 25.2 Å². The monoisotopic (exact) mass is 260 g/mol. The summed E-state index contributed by atoms with van der Waals surface area (Å²) < 4.78 is 0. The molecule has 0 heterocycles. The van der Waals surface area contributed by atoms with Crippen LogP contribution >= 0.6 is 0 Å². The van der Waals surface area contributed by atoms with E-state index in [0.717, 1.165) is 26.1 Å². The summed E-state index contributed by atoms with van der Waals surface area (Å²) in [6.07, 6.45) is 1.09. The van der Waals surface area contributed by atoms with Crippen molar-refractivity contribution in [1.82, 2.24) is 10.2 Å². The zero-order valence-electron chi connectivity index (χ0n) is 12.9. The van der Waals surface area contributed by atoms with Crippen LogP contribution < -0.4 is 5.32 Å². The second kappa shape index (κ2) is 7.46. The van der Waals surface area contributed by atoms with Gasteiger partial charge in [0.25, 0.3) is 0 Å². The third-order valence-corrected chi connectivity index (χ3v) is 2.99. The van der Waals surface area contributed by atoms with Gasteiger partial charge in [0.1, 0.15) is 0 Å². The second-order valence-corrected chi connectivity index (χ2v) is 6.33. The minimum Gasteiger partial charge on any atom is -0.308 e. The number of benzene rings is 1. The van der Waals surface area contributed by atoms with Gasteiger partial charge in [0.05, 0.1) is 0 Å². The SMILES string of the molecule is C=C(CNC(C)(C)C)CN(C)CCc1ccccc1. The number of likely N-dealkylation sites (N-methyl/N-ethyl adjacent to an activating group) is 1. The molecule has 0 spiro atoms. The quantitative estimate of drug-likeness (QED) is 0.758. The molecular formula is C17H28N2. The lowest BCUT2D eigenvalue weighted by molar-refractivity contribution is 0.357. The van der Waals surface area contributed by atoms with Gasteiger partial charge in [-0.15, -0.1) is 0 Å². The van der Waals surface area contributed by atoms with Gasteiger partial charge in [-0.05, 0) is 45.4 Å². The molecule has 2 heteroatoms. The van der Waals surface area contributed by atoms with Crippen molar-refractivity contribution in [1.29, 1.82) is 0 Å². The summed E-state index contributed by atoms with van der Waals surface area (Å²) in [6.45, 7) is 13.6. The molecule has 106 valence electrons. The predicted molar refractivity (Wildman–Crippen MR) is 84.5 cm³/mol. The van der Waals surface area contributed by atoms with Gasteiger partial charge >= 0.3 is 0 Å². The molecule has 0 aliphatic heterocycles. The first-order chi connectivity index (χ1) is 8.87. The lowest BCUT2D eigenvalue weighted by atomic mass is 10.1. The van der Waals surface area contributed by atoms with Gasteiger partial charge in [0.15, 0.2) is 0 Å². The van der Waals surface area contributed by atoms with E-state index in [-0.39, 0.29) is 5.54 Å². The lowest BCUT2D eigenvalue weighted by Crippen LogP contribution is -2.38. The van der Waals surface area contributed by atoms with Crippen LogP contribution in [0.3, 0.4) is 0 Å². The minimum atomic E-state index is 0.158. The minimum absolute atomic E-state index is 0.158. The topological polar surface area (TPSA) is 15.3 Å². The summed E-state index contributed by atoms with van der Waals surface area (Å²) in [6, 6.07) is 10.6. The Morgan fingerprint density at radius 3 is 2.42 bits per heavy atom. The number of hydrogen-bond donors (Lipinski definition) is 1. The zero-order valence-corrected chi connectivity index (χ0v) is 12.9. The number of nitrogens with one attached hydrogen (secondary N) is 1. The van der Waals surface area contributed by atoms with Gasteiger partial charge in [0.2, 0.25) is 0 Å². The molecule has 0 aliphatic rings. The van der Waals surface area contributed by atoms with E-state index in [9.17, 15) is 0 Å². The first-order valence-corrected chi connectivity index (χ1v) is 7.01.